The Morgan fingerprint density at radius 1 is 0.857 bits per heavy atom. The fraction of sp³-hybridized carbons (Fsp3) is 0.125. The van der Waals surface area contributed by atoms with Gasteiger partial charge < -0.3 is 14.6 Å². The Bertz CT molecular complexity index is 595. The minimum absolute atomic E-state index is 0.304. The van der Waals surface area contributed by atoms with E-state index < -0.39 is 24.5 Å². The number of aliphatic hydroxyl groups is 1. The van der Waals surface area contributed by atoms with Crippen LogP contribution in [0.25, 0.3) is 0 Å². The summed E-state index contributed by atoms with van der Waals surface area (Å²) in [6, 6.07) is 16.7. The van der Waals surface area contributed by atoms with Crippen molar-refractivity contribution >= 4 is 11.9 Å². The molecule has 0 heterocycles. The number of para-hydroxylation sites is 2. The molecular formula is C16H14O5. The maximum absolute atomic E-state index is 11.6. The van der Waals surface area contributed by atoms with Crippen LogP contribution in [0.5, 0.6) is 11.5 Å². The molecule has 5 heteroatoms. The molecule has 0 amide bonds. The number of carbonyl (C=O) groups is 2. The molecule has 2 aromatic carbocycles. The van der Waals surface area contributed by atoms with Gasteiger partial charge in [-0.05, 0) is 24.3 Å². The van der Waals surface area contributed by atoms with Crippen LogP contribution in [0.4, 0.5) is 0 Å². The highest BCUT2D eigenvalue weighted by Crippen LogP contribution is 2.12. The van der Waals surface area contributed by atoms with Crippen LogP contribution in [0.2, 0.25) is 0 Å². The molecule has 0 unspecified atom stereocenters. The average Bonchev–Trinajstić information content (AvgIpc) is 2.49. The Morgan fingerprint density at radius 2 is 1.33 bits per heavy atom. The van der Waals surface area contributed by atoms with E-state index in [4.69, 9.17) is 9.47 Å². The van der Waals surface area contributed by atoms with Crippen LogP contribution in [0.15, 0.2) is 60.7 Å². The number of hydrogen-bond acceptors (Lipinski definition) is 5. The van der Waals surface area contributed by atoms with E-state index >= 15 is 0 Å². The van der Waals surface area contributed by atoms with E-state index in [-0.39, 0.29) is 0 Å². The molecule has 0 aromatic heterocycles. The van der Waals surface area contributed by atoms with Crippen LogP contribution >= 0.6 is 0 Å². The highest BCUT2D eigenvalue weighted by atomic mass is 16.6. The quantitative estimate of drug-likeness (QED) is 0.672. The van der Waals surface area contributed by atoms with Crippen LogP contribution in [0, 0.1) is 0 Å². The molecule has 0 saturated carbocycles. The van der Waals surface area contributed by atoms with Crippen LogP contribution < -0.4 is 9.47 Å². The number of hydrogen-bond donors (Lipinski definition) is 1. The second-order valence-electron chi connectivity index (χ2n) is 4.24. The molecule has 1 atom stereocenters. The first kappa shape index (κ1) is 14.7. The number of carbonyl (C=O) groups excluding carboxylic acids is 2. The monoisotopic (exact) mass is 286 g/mol. The Morgan fingerprint density at radius 3 is 1.86 bits per heavy atom. The Labute approximate surface area is 121 Å². The van der Waals surface area contributed by atoms with Gasteiger partial charge in [0.2, 0.25) is 0 Å². The van der Waals surface area contributed by atoms with Crippen LogP contribution in [-0.4, -0.2) is 23.1 Å². The first-order chi connectivity index (χ1) is 10.1. The maximum atomic E-state index is 11.6. The lowest BCUT2D eigenvalue weighted by atomic mass is 10.2. The van der Waals surface area contributed by atoms with Gasteiger partial charge in [-0.25, -0.2) is 4.79 Å². The average molecular weight is 286 g/mol. The van der Waals surface area contributed by atoms with Gasteiger partial charge in [-0.3, -0.25) is 4.79 Å². The van der Waals surface area contributed by atoms with Gasteiger partial charge in [-0.15, -0.1) is 0 Å². The van der Waals surface area contributed by atoms with E-state index in [2.05, 4.69) is 0 Å². The van der Waals surface area contributed by atoms with E-state index in [9.17, 15) is 14.7 Å². The molecule has 21 heavy (non-hydrogen) atoms. The van der Waals surface area contributed by atoms with Crippen molar-refractivity contribution in [3.63, 3.8) is 0 Å². The zero-order chi connectivity index (χ0) is 15.1. The summed E-state index contributed by atoms with van der Waals surface area (Å²) >= 11 is 0. The molecule has 108 valence electrons. The molecule has 5 nitrogen and oxygen atoms in total. The summed E-state index contributed by atoms with van der Waals surface area (Å²) in [7, 11) is 0. The highest BCUT2D eigenvalue weighted by molar-refractivity contribution is 5.83. The van der Waals surface area contributed by atoms with Gasteiger partial charge in [0.1, 0.15) is 11.5 Å². The zero-order valence-electron chi connectivity index (χ0n) is 11.1. The molecule has 0 radical (unpaired) electrons. The van der Waals surface area contributed by atoms with Gasteiger partial charge in [-0.1, -0.05) is 36.4 Å². The highest BCUT2D eigenvalue weighted by Gasteiger charge is 2.22. The van der Waals surface area contributed by atoms with Gasteiger partial charge in [0, 0.05) is 0 Å². The Balaban J connectivity index is 1.84. The van der Waals surface area contributed by atoms with Gasteiger partial charge >= 0.3 is 11.9 Å². The minimum atomic E-state index is -1.57. The minimum Gasteiger partial charge on any atom is -0.426 e. The van der Waals surface area contributed by atoms with E-state index in [1.54, 1.807) is 60.7 Å². The summed E-state index contributed by atoms with van der Waals surface area (Å²) < 4.78 is 9.91. The molecule has 1 N–H and O–H groups in total. The van der Waals surface area contributed by atoms with Crippen molar-refractivity contribution in [3.05, 3.63) is 60.7 Å². The van der Waals surface area contributed by atoms with Crippen molar-refractivity contribution < 1.29 is 24.2 Å². The third-order valence-electron chi connectivity index (χ3n) is 2.57. The van der Waals surface area contributed by atoms with Crippen molar-refractivity contribution in [3.8, 4) is 11.5 Å². The fourth-order valence-electron chi connectivity index (χ4n) is 1.58. The van der Waals surface area contributed by atoms with Gasteiger partial charge in [0.25, 0.3) is 0 Å². The standard InChI is InChI=1S/C16H14O5/c17-14(16(19)21-13-9-5-2-6-10-13)11-15(18)20-12-7-3-1-4-8-12/h1-10,14,17H,11H2/t14-/m1/s1. The van der Waals surface area contributed by atoms with Crippen molar-refractivity contribution in [1.82, 2.24) is 0 Å². The molecule has 0 spiro atoms. The lowest BCUT2D eigenvalue weighted by molar-refractivity contribution is -0.149. The molecule has 0 aliphatic rings. The van der Waals surface area contributed by atoms with Crippen LogP contribution in [0.1, 0.15) is 6.42 Å². The first-order valence-electron chi connectivity index (χ1n) is 6.35. The molecule has 0 aliphatic carbocycles. The summed E-state index contributed by atoms with van der Waals surface area (Å²) in [5.74, 6) is -0.950. The topological polar surface area (TPSA) is 72.8 Å². The summed E-state index contributed by atoms with van der Waals surface area (Å²) in [4.78, 5) is 23.2. The lowest BCUT2D eigenvalue weighted by Gasteiger charge is -2.10. The second-order valence-corrected chi connectivity index (χ2v) is 4.24. The SMILES string of the molecule is O=C(C[C@@H](O)C(=O)Oc1ccccc1)Oc1ccccc1. The molecule has 0 aliphatic heterocycles. The molecule has 0 bridgehead atoms. The normalized spacial score (nSPS) is 11.5. The van der Waals surface area contributed by atoms with E-state index in [1.165, 1.54) is 0 Å². The molecule has 0 fully saturated rings. The summed E-state index contributed by atoms with van der Waals surface area (Å²) in [6.45, 7) is 0. The predicted molar refractivity (Wildman–Crippen MR) is 74.8 cm³/mol. The molecule has 2 aromatic rings. The van der Waals surface area contributed by atoms with Crippen LogP contribution in [0.3, 0.4) is 0 Å². The number of rotatable bonds is 5. The summed E-state index contributed by atoms with van der Waals surface area (Å²) in [6.07, 6.45) is -2.04. The van der Waals surface area contributed by atoms with Crippen molar-refractivity contribution in [2.45, 2.75) is 12.5 Å². The Hall–Kier alpha value is -2.66. The lowest BCUT2D eigenvalue weighted by Crippen LogP contribution is -2.29. The van der Waals surface area contributed by atoms with Crippen molar-refractivity contribution in [2.75, 3.05) is 0 Å². The van der Waals surface area contributed by atoms with Crippen molar-refractivity contribution in [2.24, 2.45) is 0 Å². The third-order valence-corrected chi connectivity index (χ3v) is 2.57. The number of esters is 2. The van der Waals surface area contributed by atoms with Crippen molar-refractivity contribution in [1.29, 1.82) is 0 Å². The molecular weight excluding hydrogens is 272 g/mol. The maximum Gasteiger partial charge on any atom is 0.340 e. The van der Waals surface area contributed by atoms with Gasteiger partial charge in [0.15, 0.2) is 6.10 Å². The summed E-state index contributed by atoms with van der Waals surface area (Å²) in [5.41, 5.74) is 0. The largest absolute Gasteiger partial charge is 0.426 e. The molecule has 0 saturated heterocycles. The smallest absolute Gasteiger partial charge is 0.340 e. The van der Waals surface area contributed by atoms with E-state index in [0.29, 0.717) is 11.5 Å². The first-order valence-corrected chi connectivity index (χ1v) is 6.35. The number of benzene rings is 2. The van der Waals surface area contributed by atoms with E-state index in [0.717, 1.165) is 0 Å². The number of ether oxygens (including phenoxy) is 2. The Kier molecular flexibility index (Phi) is 5.06. The number of aliphatic hydroxyl groups excluding tert-OH is 1. The van der Waals surface area contributed by atoms with Crippen LogP contribution in [-0.2, 0) is 9.59 Å². The summed E-state index contributed by atoms with van der Waals surface area (Å²) in [5, 5.41) is 9.65. The zero-order valence-corrected chi connectivity index (χ0v) is 11.1. The van der Waals surface area contributed by atoms with Gasteiger partial charge in [-0.2, -0.15) is 0 Å². The fourth-order valence-corrected chi connectivity index (χ4v) is 1.58. The molecule has 2 rings (SSSR count). The van der Waals surface area contributed by atoms with Gasteiger partial charge in [0.05, 0.1) is 6.42 Å². The van der Waals surface area contributed by atoms with E-state index in [1.807, 2.05) is 0 Å². The second kappa shape index (κ2) is 7.21. The predicted octanol–water partition coefficient (Wildman–Crippen LogP) is 1.95. The third kappa shape index (κ3) is 4.74.